The molecule has 0 saturated carbocycles. The van der Waals surface area contributed by atoms with Crippen molar-refractivity contribution in [3.05, 3.63) is 28.8 Å². The number of imide groups is 1. The lowest BCUT2D eigenvalue weighted by Gasteiger charge is -2.34. The summed E-state index contributed by atoms with van der Waals surface area (Å²) in [6.45, 7) is 1.77. The van der Waals surface area contributed by atoms with Gasteiger partial charge in [0.25, 0.3) is 0 Å². The van der Waals surface area contributed by atoms with Gasteiger partial charge in [-0.15, -0.1) is 0 Å². The molecule has 0 spiro atoms. The zero-order chi connectivity index (χ0) is 17.1. The van der Waals surface area contributed by atoms with Gasteiger partial charge in [-0.25, -0.2) is 0 Å². The second-order valence-electron chi connectivity index (χ2n) is 6.55. The fourth-order valence-electron chi connectivity index (χ4n) is 3.55. The number of aldehydes is 1. The molecule has 2 aliphatic heterocycles. The molecule has 6 heteroatoms. The molecule has 0 aliphatic carbocycles. The number of carbonyl (C=O) groups is 3. The molecule has 1 N–H and O–H groups in total. The second-order valence-corrected chi connectivity index (χ2v) is 6.95. The summed E-state index contributed by atoms with van der Waals surface area (Å²) in [6.07, 6.45) is 4.50. The lowest BCUT2D eigenvalue weighted by Crippen LogP contribution is -2.39. The van der Waals surface area contributed by atoms with Gasteiger partial charge in [0.1, 0.15) is 6.29 Å². The summed E-state index contributed by atoms with van der Waals surface area (Å²) in [5, 5.41) is 3.01. The van der Waals surface area contributed by atoms with Crippen LogP contribution >= 0.6 is 11.6 Å². The monoisotopic (exact) mass is 348 g/mol. The van der Waals surface area contributed by atoms with E-state index >= 15 is 0 Å². The Kier molecular flexibility index (Phi) is 5.19. The number of anilines is 1. The molecule has 24 heavy (non-hydrogen) atoms. The zero-order valence-electron chi connectivity index (χ0n) is 13.5. The summed E-state index contributed by atoms with van der Waals surface area (Å²) in [5.74, 6) is -0.297. The van der Waals surface area contributed by atoms with Crippen LogP contribution in [-0.4, -0.2) is 31.2 Å². The number of nitrogens with one attached hydrogen (secondary N) is 1. The molecular weight excluding hydrogens is 328 g/mol. The van der Waals surface area contributed by atoms with Crippen molar-refractivity contribution < 1.29 is 14.4 Å². The van der Waals surface area contributed by atoms with Gasteiger partial charge in [0.15, 0.2) is 0 Å². The normalized spacial score (nSPS) is 22.4. The molecule has 2 fully saturated rings. The van der Waals surface area contributed by atoms with E-state index in [1.807, 2.05) is 18.2 Å². The predicted octanol–water partition coefficient (Wildman–Crippen LogP) is 2.67. The maximum absolute atomic E-state index is 12.0. The van der Waals surface area contributed by atoms with E-state index in [9.17, 15) is 14.4 Å². The highest BCUT2D eigenvalue weighted by molar-refractivity contribution is 6.33. The topological polar surface area (TPSA) is 66.5 Å². The van der Waals surface area contributed by atoms with E-state index < -0.39 is 0 Å². The number of carbonyl (C=O) groups excluding carboxylic acids is 3. The minimum atomic E-state index is -0.312. The first-order valence-electron chi connectivity index (χ1n) is 8.40. The number of piperidine rings is 2. The first-order valence-corrected chi connectivity index (χ1v) is 8.78. The Morgan fingerprint density at radius 2 is 1.96 bits per heavy atom. The SMILES string of the molecule is O=CCC1CCN(c2ccc(C3CCC(=O)NC3=O)cc2Cl)CC1. The zero-order valence-corrected chi connectivity index (χ0v) is 14.2. The van der Waals surface area contributed by atoms with Crippen molar-refractivity contribution in [2.24, 2.45) is 5.92 Å². The summed E-state index contributed by atoms with van der Waals surface area (Å²) in [6, 6.07) is 5.73. The molecular formula is C18H21ClN2O3. The fraction of sp³-hybridized carbons (Fsp3) is 0.500. The molecule has 1 aromatic rings. The molecule has 2 amide bonds. The number of nitrogens with zero attached hydrogens (tertiary/aromatic N) is 1. The number of hydrogen-bond acceptors (Lipinski definition) is 4. The van der Waals surface area contributed by atoms with Crippen LogP contribution in [0.4, 0.5) is 5.69 Å². The van der Waals surface area contributed by atoms with Gasteiger partial charge in [0.05, 0.1) is 16.6 Å². The lowest BCUT2D eigenvalue weighted by atomic mass is 9.90. The van der Waals surface area contributed by atoms with Crippen LogP contribution in [0.5, 0.6) is 0 Å². The second kappa shape index (κ2) is 7.34. The largest absolute Gasteiger partial charge is 0.370 e. The molecule has 128 valence electrons. The third kappa shape index (κ3) is 3.61. The Morgan fingerprint density at radius 1 is 1.21 bits per heavy atom. The molecule has 2 aliphatic rings. The van der Waals surface area contributed by atoms with Gasteiger partial charge in [0, 0.05) is 25.9 Å². The van der Waals surface area contributed by atoms with Gasteiger partial charge in [-0.05, 0) is 42.9 Å². The van der Waals surface area contributed by atoms with Gasteiger partial charge < -0.3 is 9.69 Å². The minimum absolute atomic E-state index is 0.211. The lowest BCUT2D eigenvalue weighted by molar-refractivity contribution is -0.134. The minimum Gasteiger partial charge on any atom is -0.370 e. The van der Waals surface area contributed by atoms with E-state index in [2.05, 4.69) is 10.2 Å². The summed E-state index contributed by atoms with van der Waals surface area (Å²) >= 11 is 6.46. The molecule has 2 heterocycles. The molecule has 1 aromatic carbocycles. The van der Waals surface area contributed by atoms with E-state index in [4.69, 9.17) is 11.6 Å². The number of hydrogen-bond donors (Lipinski definition) is 1. The smallest absolute Gasteiger partial charge is 0.234 e. The van der Waals surface area contributed by atoms with Crippen molar-refractivity contribution in [3.8, 4) is 0 Å². The highest BCUT2D eigenvalue weighted by Gasteiger charge is 2.29. The molecule has 1 atom stereocenters. The molecule has 0 aromatic heterocycles. The van der Waals surface area contributed by atoms with Crippen molar-refractivity contribution in [2.75, 3.05) is 18.0 Å². The Balaban J connectivity index is 1.70. The number of halogens is 1. The molecule has 5 nitrogen and oxygen atoms in total. The average Bonchev–Trinajstić information content (AvgIpc) is 2.56. The summed E-state index contributed by atoms with van der Waals surface area (Å²) in [4.78, 5) is 36.1. The molecule has 1 unspecified atom stereocenters. The van der Waals surface area contributed by atoms with Crippen molar-refractivity contribution in [1.82, 2.24) is 5.32 Å². The van der Waals surface area contributed by atoms with Gasteiger partial charge >= 0.3 is 0 Å². The quantitative estimate of drug-likeness (QED) is 0.671. The molecule has 2 saturated heterocycles. The van der Waals surface area contributed by atoms with E-state index in [1.54, 1.807) is 0 Å². The molecule has 0 radical (unpaired) electrons. The Hall–Kier alpha value is -1.88. The first-order chi connectivity index (χ1) is 11.6. The van der Waals surface area contributed by atoms with Crippen molar-refractivity contribution in [1.29, 1.82) is 0 Å². The van der Waals surface area contributed by atoms with Crippen LogP contribution in [0.25, 0.3) is 0 Å². The molecule has 0 bridgehead atoms. The molecule has 3 rings (SSSR count). The third-order valence-corrected chi connectivity index (χ3v) is 5.30. The van der Waals surface area contributed by atoms with Crippen molar-refractivity contribution in [3.63, 3.8) is 0 Å². The Labute approximate surface area is 146 Å². The summed E-state index contributed by atoms with van der Waals surface area (Å²) in [7, 11) is 0. The highest BCUT2D eigenvalue weighted by Crippen LogP contribution is 2.34. The van der Waals surface area contributed by atoms with Crippen LogP contribution in [-0.2, 0) is 14.4 Å². The first kappa shape index (κ1) is 17.0. The fourth-order valence-corrected chi connectivity index (χ4v) is 3.86. The van der Waals surface area contributed by atoms with E-state index in [0.29, 0.717) is 30.2 Å². The van der Waals surface area contributed by atoms with Crippen LogP contribution in [0.2, 0.25) is 5.02 Å². The Bertz CT molecular complexity index is 654. The van der Waals surface area contributed by atoms with Crippen LogP contribution in [0.1, 0.15) is 43.6 Å². The number of benzene rings is 1. The van der Waals surface area contributed by atoms with Gasteiger partial charge in [0.2, 0.25) is 11.8 Å². The van der Waals surface area contributed by atoms with Crippen LogP contribution in [0.3, 0.4) is 0 Å². The maximum Gasteiger partial charge on any atom is 0.234 e. The van der Waals surface area contributed by atoms with E-state index in [1.165, 1.54) is 0 Å². The van der Waals surface area contributed by atoms with Gasteiger partial charge in [-0.3, -0.25) is 14.9 Å². The van der Waals surface area contributed by atoms with E-state index in [-0.39, 0.29) is 17.7 Å². The van der Waals surface area contributed by atoms with Crippen LogP contribution in [0.15, 0.2) is 18.2 Å². The summed E-state index contributed by atoms with van der Waals surface area (Å²) < 4.78 is 0. The van der Waals surface area contributed by atoms with Crippen molar-refractivity contribution >= 4 is 35.4 Å². The number of rotatable bonds is 4. The Morgan fingerprint density at radius 3 is 2.58 bits per heavy atom. The van der Waals surface area contributed by atoms with Gasteiger partial charge in [-0.2, -0.15) is 0 Å². The average molecular weight is 349 g/mol. The van der Waals surface area contributed by atoms with Crippen LogP contribution < -0.4 is 10.2 Å². The van der Waals surface area contributed by atoms with E-state index in [0.717, 1.165) is 43.5 Å². The highest BCUT2D eigenvalue weighted by atomic mass is 35.5. The van der Waals surface area contributed by atoms with Gasteiger partial charge in [-0.1, -0.05) is 17.7 Å². The summed E-state index contributed by atoms with van der Waals surface area (Å²) in [5.41, 5.74) is 1.82. The predicted molar refractivity (Wildman–Crippen MR) is 92.2 cm³/mol. The number of amides is 2. The standard InChI is InChI=1S/C18H21ClN2O3/c19-15-11-13(14-2-4-17(23)20-18(14)24)1-3-16(15)21-8-5-12(6-9-21)7-10-22/h1,3,10-12,14H,2,4-9H2,(H,20,23,24). The third-order valence-electron chi connectivity index (χ3n) is 5.00. The maximum atomic E-state index is 12.0. The van der Waals surface area contributed by atoms with Crippen molar-refractivity contribution in [2.45, 2.75) is 38.0 Å². The van der Waals surface area contributed by atoms with Crippen LogP contribution in [0, 0.1) is 5.92 Å².